The van der Waals surface area contributed by atoms with E-state index in [1.807, 2.05) is 12.1 Å². The van der Waals surface area contributed by atoms with Crippen molar-refractivity contribution < 1.29 is 28.9 Å². The summed E-state index contributed by atoms with van der Waals surface area (Å²) in [6, 6.07) is 8.73. The predicted octanol–water partition coefficient (Wildman–Crippen LogP) is 2.38. The van der Waals surface area contributed by atoms with Crippen LogP contribution in [0.2, 0.25) is 0 Å². The van der Waals surface area contributed by atoms with Crippen molar-refractivity contribution in [2.75, 3.05) is 26.3 Å². The summed E-state index contributed by atoms with van der Waals surface area (Å²) in [6.07, 6.45) is -0.787. The Morgan fingerprint density at radius 3 is 2.71 bits per heavy atom. The number of aliphatic hydroxyl groups excluding tert-OH is 1. The van der Waals surface area contributed by atoms with Crippen LogP contribution in [0.4, 0.5) is 0 Å². The number of aliphatic hydroxyl groups is 1. The van der Waals surface area contributed by atoms with Gasteiger partial charge in [0.1, 0.15) is 25.4 Å². The third-order valence-corrected chi connectivity index (χ3v) is 5.95. The third kappa shape index (κ3) is 3.70. The van der Waals surface area contributed by atoms with Crippen LogP contribution in [0.15, 0.2) is 30.3 Å². The molecule has 0 spiro atoms. The number of likely N-dealkylation sites (tertiary alicyclic amines) is 1. The van der Waals surface area contributed by atoms with E-state index in [4.69, 9.17) is 14.2 Å². The molecule has 2 aliphatic rings. The number of hydrogen-bond donors (Lipinski definition) is 1. The number of Topliss-reactive ketones (excluding diaryl/α,β-unsaturated/α-hetero) is 1. The largest absolute Gasteiger partial charge is 0.486 e. The Morgan fingerprint density at radius 2 is 1.96 bits per heavy atom. The maximum absolute atomic E-state index is 12.7. The highest BCUT2D eigenvalue weighted by Gasteiger charge is 2.33. The summed E-state index contributed by atoms with van der Waals surface area (Å²) >= 11 is 1.18. The quantitative estimate of drug-likeness (QED) is 0.789. The van der Waals surface area contributed by atoms with Crippen LogP contribution in [-0.2, 0) is 0 Å². The van der Waals surface area contributed by atoms with E-state index < -0.39 is 12.2 Å². The van der Waals surface area contributed by atoms with Gasteiger partial charge in [-0.15, -0.1) is 11.3 Å². The fourth-order valence-corrected chi connectivity index (χ4v) is 4.20. The number of fused-ring (bicyclic) bond motifs is 1. The van der Waals surface area contributed by atoms with Gasteiger partial charge in [-0.25, -0.2) is 0 Å². The molecule has 1 saturated heterocycles. The first-order chi connectivity index (χ1) is 13.5. The lowest BCUT2D eigenvalue weighted by Gasteiger charge is -2.36. The molecular formula is C20H21NO6S. The summed E-state index contributed by atoms with van der Waals surface area (Å²) in [5, 5.41) is 10.6. The second-order valence-electron chi connectivity index (χ2n) is 6.76. The zero-order chi connectivity index (χ0) is 19.7. The molecule has 4 rings (SSSR count). The van der Waals surface area contributed by atoms with Crippen molar-refractivity contribution in [1.82, 2.24) is 4.90 Å². The van der Waals surface area contributed by atoms with E-state index >= 15 is 0 Å². The number of hydrogen-bond acceptors (Lipinski definition) is 7. The predicted molar refractivity (Wildman–Crippen MR) is 103 cm³/mol. The van der Waals surface area contributed by atoms with Gasteiger partial charge in [-0.05, 0) is 31.2 Å². The summed E-state index contributed by atoms with van der Waals surface area (Å²) in [6.45, 7) is 3.05. The molecule has 0 bridgehead atoms. The maximum atomic E-state index is 12.7. The van der Waals surface area contributed by atoms with Gasteiger partial charge in [0, 0.05) is 13.0 Å². The van der Waals surface area contributed by atoms with Crippen LogP contribution in [0.25, 0.3) is 0 Å². The van der Waals surface area contributed by atoms with E-state index in [9.17, 15) is 14.7 Å². The monoisotopic (exact) mass is 403 g/mol. The van der Waals surface area contributed by atoms with Gasteiger partial charge >= 0.3 is 0 Å². The van der Waals surface area contributed by atoms with Crippen molar-refractivity contribution in [2.24, 2.45) is 0 Å². The smallest absolute Gasteiger partial charge is 0.264 e. The van der Waals surface area contributed by atoms with Crippen molar-refractivity contribution >= 4 is 23.0 Å². The molecule has 0 radical (unpaired) electrons. The number of carbonyl (C=O) groups excluding carboxylic acids is 2. The van der Waals surface area contributed by atoms with Crippen molar-refractivity contribution in [3.8, 4) is 17.2 Å². The Labute approximate surface area is 166 Å². The summed E-state index contributed by atoms with van der Waals surface area (Å²) in [4.78, 5) is 26.8. The fourth-order valence-electron chi connectivity index (χ4n) is 3.33. The van der Waals surface area contributed by atoms with Crippen LogP contribution in [0, 0.1) is 0 Å². The minimum absolute atomic E-state index is 0.0615. The molecule has 0 saturated carbocycles. The zero-order valence-electron chi connectivity index (χ0n) is 15.4. The van der Waals surface area contributed by atoms with Gasteiger partial charge in [-0.3, -0.25) is 9.59 Å². The van der Waals surface area contributed by atoms with E-state index in [0.717, 1.165) is 0 Å². The highest BCUT2D eigenvalue weighted by molar-refractivity contribution is 7.15. The summed E-state index contributed by atoms with van der Waals surface area (Å²) in [5.41, 5.74) is 0. The van der Waals surface area contributed by atoms with E-state index in [0.29, 0.717) is 53.2 Å². The molecule has 1 amide bonds. The lowest BCUT2D eigenvalue weighted by atomic mass is 10.0. The molecule has 8 heteroatoms. The Morgan fingerprint density at radius 1 is 1.18 bits per heavy atom. The molecule has 0 unspecified atom stereocenters. The van der Waals surface area contributed by atoms with Gasteiger partial charge in [0.2, 0.25) is 5.75 Å². The van der Waals surface area contributed by atoms with E-state index in [1.165, 1.54) is 18.3 Å². The Kier molecular flexibility index (Phi) is 5.23. The molecule has 1 aromatic carbocycles. The average Bonchev–Trinajstić information content (AvgIpc) is 3.20. The molecule has 3 heterocycles. The number of ether oxygens (including phenoxy) is 3. The van der Waals surface area contributed by atoms with Crippen LogP contribution >= 0.6 is 11.3 Å². The van der Waals surface area contributed by atoms with E-state index in [-0.39, 0.29) is 18.2 Å². The van der Waals surface area contributed by atoms with Gasteiger partial charge in [0.05, 0.1) is 16.3 Å². The molecule has 148 valence electrons. The highest BCUT2D eigenvalue weighted by atomic mass is 32.1. The molecule has 2 atom stereocenters. The molecule has 2 aromatic rings. The topological polar surface area (TPSA) is 85.3 Å². The number of nitrogens with zero attached hydrogens (tertiary/aromatic N) is 1. The molecule has 2 aliphatic heterocycles. The second kappa shape index (κ2) is 7.81. The lowest BCUT2D eigenvalue weighted by Crippen LogP contribution is -2.50. The molecule has 1 aromatic heterocycles. The van der Waals surface area contributed by atoms with Crippen LogP contribution in [-0.4, -0.2) is 60.2 Å². The number of benzene rings is 1. The number of carbonyl (C=O) groups is 2. The van der Waals surface area contributed by atoms with Crippen molar-refractivity contribution in [1.29, 1.82) is 0 Å². The lowest BCUT2D eigenvalue weighted by molar-refractivity contribution is -0.0213. The summed E-state index contributed by atoms with van der Waals surface area (Å²) in [5.74, 6) is 1.47. The first-order valence-corrected chi connectivity index (χ1v) is 9.98. The maximum Gasteiger partial charge on any atom is 0.264 e. The van der Waals surface area contributed by atoms with Gasteiger partial charge in [-0.2, -0.15) is 0 Å². The number of ketones is 1. The molecule has 28 heavy (non-hydrogen) atoms. The van der Waals surface area contributed by atoms with Crippen LogP contribution < -0.4 is 14.2 Å². The zero-order valence-corrected chi connectivity index (χ0v) is 16.2. The normalized spacial score (nSPS) is 21.3. The summed E-state index contributed by atoms with van der Waals surface area (Å²) < 4.78 is 17.2. The van der Waals surface area contributed by atoms with Gasteiger partial charge < -0.3 is 24.2 Å². The summed E-state index contributed by atoms with van der Waals surface area (Å²) in [7, 11) is 0. The second-order valence-corrected chi connectivity index (χ2v) is 7.85. The number of para-hydroxylation sites is 1. The molecule has 7 nitrogen and oxygen atoms in total. The number of thiophene rings is 1. The van der Waals surface area contributed by atoms with Crippen molar-refractivity contribution in [3.63, 3.8) is 0 Å². The molecule has 0 aliphatic carbocycles. The van der Waals surface area contributed by atoms with Crippen molar-refractivity contribution in [3.05, 3.63) is 40.1 Å². The highest BCUT2D eigenvalue weighted by Crippen LogP contribution is 2.40. The van der Waals surface area contributed by atoms with Crippen LogP contribution in [0.1, 0.15) is 32.7 Å². The number of piperidine rings is 1. The fraction of sp³-hybridized carbons (Fsp3) is 0.400. The van der Waals surface area contributed by atoms with E-state index in [1.54, 1.807) is 23.1 Å². The first-order valence-electron chi connectivity index (χ1n) is 9.16. The number of amides is 1. The minimum atomic E-state index is -0.828. The Bertz CT molecular complexity index is 895. The molecule has 1 fully saturated rings. The minimum Gasteiger partial charge on any atom is -0.486 e. The average molecular weight is 403 g/mol. The van der Waals surface area contributed by atoms with E-state index in [2.05, 4.69) is 0 Å². The number of β-amino-alcohol motifs (C(OH)–C–C–N with tert-alkyl or cyclic N) is 1. The third-order valence-electron chi connectivity index (χ3n) is 4.78. The van der Waals surface area contributed by atoms with Crippen LogP contribution in [0.5, 0.6) is 17.2 Å². The Hall–Kier alpha value is -2.58. The van der Waals surface area contributed by atoms with Gasteiger partial charge in [0.25, 0.3) is 5.91 Å². The van der Waals surface area contributed by atoms with Crippen LogP contribution in [0.3, 0.4) is 0 Å². The Balaban J connectivity index is 1.41. The van der Waals surface area contributed by atoms with Gasteiger partial charge in [0.15, 0.2) is 17.3 Å². The molecule has 1 N–H and O–H groups in total. The first kappa shape index (κ1) is 18.8. The van der Waals surface area contributed by atoms with Gasteiger partial charge in [-0.1, -0.05) is 6.07 Å². The SMILES string of the molecule is CC(=O)c1ccc(C(=O)N2CC[C@@H](Oc3cccc4c3OCCO4)[C@H](O)C2)s1. The van der Waals surface area contributed by atoms with Crippen molar-refractivity contribution in [2.45, 2.75) is 25.6 Å². The molecular weight excluding hydrogens is 382 g/mol. The number of rotatable bonds is 4. The standard InChI is InChI=1S/C20H21NO6S/c1-12(22)17-5-6-18(28-17)20(24)21-8-7-14(13(23)11-21)27-16-4-2-3-15-19(16)26-10-9-25-15/h2-6,13-14,23H,7-11H2,1H3/t13-,14-/m1/s1.